The van der Waals surface area contributed by atoms with Gasteiger partial charge in [-0.15, -0.1) is 23.7 Å². The van der Waals surface area contributed by atoms with E-state index >= 15 is 0 Å². The monoisotopic (exact) mass is 498 g/mol. The van der Waals surface area contributed by atoms with Crippen LogP contribution in [0.5, 0.6) is 0 Å². The molecule has 0 unspecified atom stereocenters. The third-order valence-corrected chi connectivity index (χ3v) is 8.19. The van der Waals surface area contributed by atoms with Gasteiger partial charge in [-0.3, -0.25) is 9.59 Å². The molecule has 0 saturated carbocycles. The molecule has 1 aromatic heterocycles. The average molecular weight is 500 g/mol. The Labute approximate surface area is 207 Å². The largest absolute Gasteiger partial charge is 0.341 e. The number of nitrogens with zero attached hydrogens (tertiary/aromatic N) is 3. The molecule has 0 radical (unpaired) electrons. The summed E-state index contributed by atoms with van der Waals surface area (Å²) in [7, 11) is 2.19. The summed E-state index contributed by atoms with van der Waals surface area (Å²) in [5.41, 5.74) is 0. The van der Waals surface area contributed by atoms with E-state index in [-0.39, 0.29) is 36.8 Å². The van der Waals surface area contributed by atoms with Gasteiger partial charge in [-0.2, -0.15) is 0 Å². The number of piperidine rings is 2. The second-order valence-electron chi connectivity index (χ2n) is 8.87. The zero-order valence-corrected chi connectivity index (χ0v) is 21.2. The highest BCUT2D eigenvalue weighted by Crippen LogP contribution is 2.32. The summed E-state index contributed by atoms with van der Waals surface area (Å²) in [6, 6.07) is 5.52. The molecule has 8 heteroatoms. The molecule has 3 heterocycles. The number of carbonyl (C=O) groups is 2. The summed E-state index contributed by atoms with van der Waals surface area (Å²) < 4.78 is 9.24. The molecule has 2 aliphatic rings. The van der Waals surface area contributed by atoms with Gasteiger partial charge < -0.3 is 14.7 Å². The van der Waals surface area contributed by atoms with Crippen LogP contribution < -0.4 is 0 Å². The number of thiophene rings is 1. The number of likely N-dealkylation sites (N-methyl/N-ethyl adjacent to an activating group) is 1. The molecule has 0 spiro atoms. The summed E-state index contributed by atoms with van der Waals surface area (Å²) in [5.74, 6) is 1.27. The Morgan fingerprint density at radius 3 is 2.41 bits per heavy atom. The second-order valence-corrected chi connectivity index (χ2v) is 10.4. The van der Waals surface area contributed by atoms with Gasteiger partial charge in [0.05, 0.1) is 6.25 Å². The molecule has 2 amide bonds. The lowest BCUT2D eigenvalue weighted by atomic mass is 9.79. The molecule has 0 bridgehead atoms. The molecule has 176 valence electrons. The van der Waals surface area contributed by atoms with Crippen molar-refractivity contribution in [2.75, 3.05) is 46.3 Å². The number of carbonyl (C=O) groups excluding carboxylic acids is 2. The number of likely N-dealkylation sites (tertiary alicyclic amines) is 2. The van der Waals surface area contributed by atoms with Crippen LogP contribution in [0.1, 0.15) is 43.6 Å². The van der Waals surface area contributed by atoms with Crippen molar-refractivity contribution in [3.63, 3.8) is 0 Å². The van der Waals surface area contributed by atoms with Crippen molar-refractivity contribution in [1.29, 1.82) is 0 Å². The van der Waals surface area contributed by atoms with E-state index in [0.29, 0.717) is 22.4 Å². The summed E-state index contributed by atoms with van der Waals surface area (Å²) in [4.78, 5) is 32.4. The van der Waals surface area contributed by atoms with Crippen LogP contribution in [-0.4, -0.2) is 72.8 Å². The highest BCUT2D eigenvalue weighted by molar-refractivity contribution is 7.20. The number of hydrogen-bond acceptors (Lipinski definition) is 4. The highest BCUT2D eigenvalue weighted by atomic mass is 35.5. The van der Waals surface area contributed by atoms with Crippen molar-refractivity contribution in [3.8, 4) is 0 Å². The molecule has 2 saturated heterocycles. The Bertz CT molecular complexity index is 985. The molecule has 2 aliphatic heterocycles. The van der Waals surface area contributed by atoms with Gasteiger partial charge in [-0.1, -0.05) is 17.7 Å². The van der Waals surface area contributed by atoms with Crippen molar-refractivity contribution in [2.45, 2.75) is 32.6 Å². The van der Waals surface area contributed by atoms with Crippen LogP contribution in [-0.2, 0) is 4.79 Å². The molecule has 2 aromatic rings. The molecule has 32 heavy (non-hydrogen) atoms. The molecule has 5 nitrogen and oxygen atoms in total. The van der Waals surface area contributed by atoms with Gasteiger partial charge in [0.1, 0.15) is 6.54 Å². The molecular weight excluding hydrogens is 465 g/mol. The molecule has 0 atom stereocenters. The predicted octanol–water partition coefficient (Wildman–Crippen LogP) is 5.02. The van der Waals surface area contributed by atoms with Crippen LogP contribution in [0.2, 0.25) is 5.02 Å². The first-order chi connectivity index (χ1) is 15.4. The minimum Gasteiger partial charge on any atom is -0.341 e. The minimum absolute atomic E-state index is 0. The molecule has 1 aromatic carbocycles. The Kier molecular flexibility index (Phi) is 8.32. The fraction of sp³-hybridized carbons (Fsp3) is 0.583. The average Bonchev–Trinajstić information content (AvgIpc) is 3.13. The molecule has 4 rings (SSSR count). The third kappa shape index (κ3) is 5.77. The van der Waals surface area contributed by atoms with Crippen molar-refractivity contribution < 1.29 is 11.0 Å². The van der Waals surface area contributed by atoms with Crippen LogP contribution in [0.15, 0.2) is 24.2 Å². The molecule has 0 N–H and O–H groups in total. The van der Waals surface area contributed by atoms with Crippen LogP contribution >= 0.6 is 35.3 Å². The topological polar surface area (TPSA) is 43.9 Å². The van der Waals surface area contributed by atoms with E-state index < -0.39 is 0 Å². The first-order valence-electron chi connectivity index (χ1n) is 11.8. The number of benzene rings is 1. The Morgan fingerprint density at radius 1 is 1.16 bits per heavy atom. The van der Waals surface area contributed by atoms with E-state index in [1.54, 1.807) is 23.1 Å². The van der Waals surface area contributed by atoms with Crippen molar-refractivity contribution in [1.82, 2.24) is 14.7 Å². The first-order valence-corrected chi connectivity index (χ1v) is 12.5. The number of fused-ring (bicyclic) bond motifs is 1. The number of halogens is 2. The smallest absolute Gasteiger partial charge is 0.264 e. The van der Waals surface area contributed by atoms with Crippen LogP contribution in [0.3, 0.4) is 0 Å². The summed E-state index contributed by atoms with van der Waals surface area (Å²) in [6.45, 7) is 6.32. The van der Waals surface area contributed by atoms with E-state index in [2.05, 4.69) is 11.9 Å². The number of amides is 2. The SMILES string of the molecule is Cl.[2H]c1c(C(=O)N(CC)CC(=O)N2CCC(C3CCN(C)CC3)CC2)sc2cc(Cl)ccc12. The second kappa shape index (κ2) is 11.2. The number of hydrogen-bond donors (Lipinski definition) is 0. The Morgan fingerprint density at radius 2 is 1.78 bits per heavy atom. The lowest BCUT2D eigenvalue weighted by molar-refractivity contribution is -0.133. The maximum Gasteiger partial charge on any atom is 0.264 e. The highest BCUT2D eigenvalue weighted by Gasteiger charge is 2.31. The Balaban J connectivity index is 0.00000306. The van der Waals surface area contributed by atoms with E-state index in [1.165, 1.54) is 37.3 Å². The fourth-order valence-corrected chi connectivity index (χ4v) is 6.14. The van der Waals surface area contributed by atoms with Gasteiger partial charge in [0.25, 0.3) is 5.91 Å². The van der Waals surface area contributed by atoms with Gasteiger partial charge in [-0.25, -0.2) is 0 Å². The summed E-state index contributed by atoms with van der Waals surface area (Å²) in [6.07, 6.45) is 4.66. The van der Waals surface area contributed by atoms with Gasteiger partial charge >= 0.3 is 0 Å². The quantitative estimate of drug-likeness (QED) is 0.581. The van der Waals surface area contributed by atoms with Crippen LogP contribution in [0.25, 0.3) is 10.1 Å². The van der Waals surface area contributed by atoms with E-state index in [9.17, 15) is 9.59 Å². The predicted molar refractivity (Wildman–Crippen MR) is 135 cm³/mol. The third-order valence-electron chi connectivity index (χ3n) is 6.92. The van der Waals surface area contributed by atoms with Gasteiger partial charge in [0.15, 0.2) is 0 Å². The zero-order valence-electron chi connectivity index (χ0n) is 19.8. The van der Waals surface area contributed by atoms with Crippen LogP contribution in [0, 0.1) is 11.8 Å². The summed E-state index contributed by atoms with van der Waals surface area (Å²) in [5, 5.41) is 1.31. The minimum atomic E-state index is -0.246. The fourth-order valence-electron chi connectivity index (χ4n) is 4.89. The molecule has 0 aliphatic carbocycles. The lowest BCUT2D eigenvalue weighted by Crippen LogP contribution is -2.47. The summed E-state index contributed by atoms with van der Waals surface area (Å²) >= 11 is 7.35. The lowest BCUT2D eigenvalue weighted by Gasteiger charge is -2.39. The Hall–Kier alpha value is -1.34. The van der Waals surface area contributed by atoms with Crippen molar-refractivity contribution in [2.24, 2.45) is 11.8 Å². The van der Waals surface area contributed by atoms with Crippen LogP contribution in [0.4, 0.5) is 0 Å². The van der Waals surface area contributed by atoms with E-state index in [4.69, 9.17) is 13.0 Å². The number of rotatable bonds is 5. The first kappa shape index (κ1) is 23.8. The zero-order chi connectivity index (χ0) is 22.8. The van der Waals surface area contributed by atoms with Gasteiger partial charge in [0.2, 0.25) is 5.91 Å². The van der Waals surface area contributed by atoms with Crippen molar-refractivity contribution in [3.05, 3.63) is 34.1 Å². The van der Waals surface area contributed by atoms with Crippen molar-refractivity contribution >= 4 is 57.2 Å². The maximum absolute atomic E-state index is 13.2. The van der Waals surface area contributed by atoms with E-state index in [0.717, 1.165) is 41.9 Å². The standard InChI is InChI=1S/C24H32ClN3O2S.ClH/c1-3-27(24(30)22-14-19-4-5-20(25)15-21(19)31-22)16-23(29)28-12-8-18(9-13-28)17-6-10-26(2)11-7-17;/h4-5,14-15,17-18H,3,6-13,16H2,1-2H3;1H/i14D;. The van der Waals surface area contributed by atoms with Gasteiger partial charge in [-0.05, 0) is 88.1 Å². The molecule has 2 fully saturated rings. The van der Waals surface area contributed by atoms with E-state index in [1.807, 2.05) is 11.8 Å². The van der Waals surface area contributed by atoms with Gasteiger partial charge in [0, 0.05) is 29.4 Å². The normalized spacial score (nSPS) is 19.0. The maximum atomic E-state index is 13.2. The molecular formula is C24H33Cl2N3O2S.